The predicted octanol–water partition coefficient (Wildman–Crippen LogP) is 1.20. The molecule has 82 valence electrons. The van der Waals surface area contributed by atoms with Gasteiger partial charge >= 0.3 is 6.09 Å². The Balaban J connectivity index is 1.90. The lowest BCUT2D eigenvalue weighted by Gasteiger charge is -2.22. The fourth-order valence-electron chi connectivity index (χ4n) is 2.56. The number of piperidine rings is 1. The highest BCUT2D eigenvalue weighted by Gasteiger charge is 2.55. The first kappa shape index (κ1) is 9.28. The Morgan fingerprint density at radius 2 is 2.50 bits per heavy atom. The first-order valence-electron chi connectivity index (χ1n) is 5.24. The minimum absolute atomic E-state index is 0.150. The number of terminal acetylenes is 1. The van der Waals surface area contributed by atoms with Crippen LogP contribution in [-0.2, 0) is 0 Å². The van der Waals surface area contributed by atoms with Gasteiger partial charge in [0.2, 0.25) is 0 Å². The molecule has 1 aromatic rings. The molecule has 3 rings (SSSR count). The Hall–Kier alpha value is -1.96. The molecule has 2 heterocycles. The van der Waals surface area contributed by atoms with Crippen LogP contribution in [0.2, 0.25) is 0 Å². The second-order valence-electron chi connectivity index (χ2n) is 4.32. The number of nitrogens with one attached hydrogen (secondary N) is 1. The van der Waals surface area contributed by atoms with Crippen LogP contribution in [0.1, 0.15) is 30.4 Å². The van der Waals surface area contributed by atoms with Gasteiger partial charge in [0, 0.05) is 12.2 Å². The summed E-state index contributed by atoms with van der Waals surface area (Å²) >= 11 is 0. The van der Waals surface area contributed by atoms with Gasteiger partial charge in [-0.25, -0.2) is 9.78 Å². The quantitative estimate of drug-likeness (QED) is 0.694. The standard InChI is InChI=1S/C11H11N3O2/c1-2-7-5-12-10(13-7)9-4-6-3-8(6)14(9)11(15)16/h1,5-6,8-9H,3-4H2,(H,12,13)(H,15,16). The zero-order chi connectivity index (χ0) is 11.3. The van der Waals surface area contributed by atoms with Gasteiger partial charge in [-0.3, -0.25) is 4.90 Å². The van der Waals surface area contributed by atoms with Crippen molar-refractivity contribution in [2.45, 2.75) is 24.9 Å². The van der Waals surface area contributed by atoms with Gasteiger partial charge in [0.05, 0.1) is 6.04 Å². The van der Waals surface area contributed by atoms with Crippen molar-refractivity contribution in [3.63, 3.8) is 0 Å². The first-order valence-corrected chi connectivity index (χ1v) is 5.24. The van der Waals surface area contributed by atoms with Crippen molar-refractivity contribution in [3.8, 4) is 12.3 Å². The molecule has 1 aliphatic carbocycles. The van der Waals surface area contributed by atoms with Crippen LogP contribution in [0.4, 0.5) is 4.79 Å². The van der Waals surface area contributed by atoms with Crippen LogP contribution in [0.25, 0.3) is 0 Å². The topological polar surface area (TPSA) is 69.2 Å². The van der Waals surface area contributed by atoms with Gasteiger partial charge < -0.3 is 10.1 Å². The van der Waals surface area contributed by atoms with E-state index in [-0.39, 0.29) is 12.1 Å². The zero-order valence-corrected chi connectivity index (χ0v) is 8.55. The number of carbonyl (C=O) groups is 1. The fourth-order valence-corrected chi connectivity index (χ4v) is 2.56. The van der Waals surface area contributed by atoms with Gasteiger partial charge in [-0.2, -0.15) is 0 Å². The van der Waals surface area contributed by atoms with E-state index in [2.05, 4.69) is 15.9 Å². The number of likely N-dealkylation sites (tertiary alicyclic amines) is 1. The number of carboxylic acid groups (broad SMARTS) is 1. The summed E-state index contributed by atoms with van der Waals surface area (Å²) in [5, 5.41) is 9.15. The smallest absolute Gasteiger partial charge is 0.408 e. The maximum atomic E-state index is 11.1. The molecule has 1 saturated carbocycles. The third-order valence-corrected chi connectivity index (χ3v) is 3.39. The molecule has 2 fully saturated rings. The maximum absolute atomic E-state index is 11.1. The highest BCUT2D eigenvalue weighted by Crippen LogP contribution is 2.52. The number of hydrogen-bond acceptors (Lipinski definition) is 2. The fraction of sp³-hybridized carbons (Fsp3) is 0.455. The van der Waals surface area contributed by atoms with Crippen molar-refractivity contribution in [3.05, 3.63) is 17.7 Å². The van der Waals surface area contributed by atoms with E-state index >= 15 is 0 Å². The number of hydrogen-bond donors (Lipinski definition) is 2. The highest BCUT2D eigenvalue weighted by molar-refractivity contribution is 5.67. The molecule has 1 saturated heterocycles. The summed E-state index contributed by atoms with van der Waals surface area (Å²) in [6.07, 6.45) is 7.85. The number of fused-ring (bicyclic) bond motifs is 1. The minimum atomic E-state index is -0.867. The molecule has 2 N–H and O–H groups in total. The highest BCUT2D eigenvalue weighted by atomic mass is 16.4. The van der Waals surface area contributed by atoms with E-state index in [0.29, 0.717) is 17.4 Å². The van der Waals surface area contributed by atoms with Crippen molar-refractivity contribution < 1.29 is 9.90 Å². The molecule has 5 heteroatoms. The molecule has 16 heavy (non-hydrogen) atoms. The van der Waals surface area contributed by atoms with E-state index in [1.807, 2.05) is 0 Å². The Bertz CT molecular complexity index is 488. The summed E-state index contributed by atoms with van der Waals surface area (Å²) in [5.74, 6) is 3.61. The summed E-state index contributed by atoms with van der Waals surface area (Å²) in [5.41, 5.74) is 0.529. The molecule has 0 bridgehead atoms. The second-order valence-corrected chi connectivity index (χ2v) is 4.32. The van der Waals surface area contributed by atoms with Crippen LogP contribution in [0.5, 0.6) is 0 Å². The summed E-state index contributed by atoms with van der Waals surface area (Å²) in [6.45, 7) is 0. The third kappa shape index (κ3) is 1.20. The number of aromatic amines is 1. The van der Waals surface area contributed by atoms with Crippen LogP contribution in [0.15, 0.2) is 6.20 Å². The Labute approximate surface area is 92.5 Å². The first-order chi connectivity index (χ1) is 7.70. The van der Waals surface area contributed by atoms with E-state index in [1.54, 1.807) is 6.20 Å². The van der Waals surface area contributed by atoms with Crippen LogP contribution >= 0.6 is 0 Å². The average Bonchev–Trinajstić information content (AvgIpc) is 2.77. The zero-order valence-electron chi connectivity index (χ0n) is 8.55. The molecule has 1 amide bonds. The maximum Gasteiger partial charge on any atom is 0.408 e. The Morgan fingerprint density at radius 1 is 1.69 bits per heavy atom. The van der Waals surface area contributed by atoms with Crippen molar-refractivity contribution in [1.29, 1.82) is 0 Å². The molecule has 0 radical (unpaired) electrons. The molecule has 1 aromatic heterocycles. The number of nitrogens with zero attached hydrogens (tertiary/aromatic N) is 2. The minimum Gasteiger partial charge on any atom is -0.465 e. The predicted molar refractivity (Wildman–Crippen MR) is 55.6 cm³/mol. The molecule has 3 unspecified atom stereocenters. The van der Waals surface area contributed by atoms with E-state index in [9.17, 15) is 4.79 Å². The second kappa shape index (κ2) is 3.01. The summed E-state index contributed by atoms with van der Waals surface area (Å²) in [4.78, 5) is 19.8. The third-order valence-electron chi connectivity index (χ3n) is 3.39. The molecule has 3 atom stereocenters. The van der Waals surface area contributed by atoms with Crippen molar-refractivity contribution >= 4 is 6.09 Å². The lowest BCUT2D eigenvalue weighted by Crippen LogP contribution is -2.32. The average molecular weight is 217 g/mol. The van der Waals surface area contributed by atoms with Gasteiger partial charge in [-0.15, -0.1) is 6.42 Å². The SMILES string of the molecule is C#Cc1c[nH]c(C2CC3CC3N2C(=O)O)n1. The van der Waals surface area contributed by atoms with Gasteiger partial charge in [0.1, 0.15) is 11.5 Å². The van der Waals surface area contributed by atoms with Gasteiger partial charge in [0.15, 0.2) is 0 Å². The summed E-state index contributed by atoms with van der Waals surface area (Å²) < 4.78 is 0. The molecule has 1 aliphatic heterocycles. The monoisotopic (exact) mass is 217 g/mol. The van der Waals surface area contributed by atoms with Crippen LogP contribution in [0.3, 0.4) is 0 Å². The van der Waals surface area contributed by atoms with Crippen LogP contribution < -0.4 is 0 Å². The number of H-pyrrole nitrogens is 1. The number of rotatable bonds is 1. The van der Waals surface area contributed by atoms with E-state index in [1.165, 1.54) is 4.90 Å². The largest absolute Gasteiger partial charge is 0.465 e. The van der Waals surface area contributed by atoms with Gasteiger partial charge in [-0.1, -0.05) is 0 Å². The number of amides is 1. The Morgan fingerprint density at radius 3 is 3.12 bits per heavy atom. The van der Waals surface area contributed by atoms with Crippen LogP contribution in [0, 0.1) is 18.3 Å². The van der Waals surface area contributed by atoms with Crippen molar-refractivity contribution in [1.82, 2.24) is 14.9 Å². The molecule has 2 aliphatic rings. The van der Waals surface area contributed by atoms with E-state index in [4.69, 9.17) is 11.5 Å². The van der Waals surface area contributed by atoms with Crippen LogP contribution in [-0.4, -0.2) is 32.1 Å². The normalized spacial score (nSPS) is 30.9. The molecule has 0 spiro atoms. The molecular formula is C11H11N3O2. The van der Waals surface area contributed by atoms with E-state index < -0.39 is 6.09 Å². The number of aromatic nitrogens is 2. The number of imidazole rings is 1. The van der Waals surface area contributed by atoms with E-state index in [0.717, 1.165) is 12.8 Å². The molecule has 5 nitrogen and oxygen atoms in total. The van der Waals surface area contributed by atoms with Crippen molar-refractivity contribution in [2.75, 3.05) is 0 Å². The van der Waals surface area contributed by atoms with Gasteiger partial charge in [-0.05, 0) is 24.7 Å². The lowest BCUT2D eigenvalue weighted by molar-refractivity contribution is 0.128. The van der Waals surface area contributed by atoms with Crippen molar-refractivity contribution in [2.24, 2.45) is 5.92 Å². The lowest BCUT2D eigenvalue weighted by atomic mass is 10.1. The molecule has 0 aromatic carbocycles. The summed E-state index contributed by atoms with van der Waals surface area (Å²) in [7, 11) is 0. The van der Waals surface area contributed by atoms with Gasteiger partial charge in [0.25, 0.3) is 0 Å². The summed E-state index contributed by atoms with van der Waals surface area (Å²) in [6, 6.07) is 0.0465. The Kier molecular flexibility index (Phi) is 1.75. The molecular weight excluding hydrogens is 206 g/mol.